The SMILES string of the molecule is CC1CC(NCc2cc(C(=O)O)cs2)CCN1C. The third-order valence-electron chi connectivity index (χ3n) is 3.67. The fourth-order valence-corrected chi connectivity index (χ4v) is 3.11. The molecule has 1 aliphatic heterocycles. The van der Waals surface area contributed by atoms with Gasteiger partial charge < -0.3 is 15.3 Å². The van der Waals surface area contributed by atoms with Gasteiger partial charge in [0.05, 0.1) is 5.56 Å². The summed E-state index contributed by atoms with van der Waals surface area (Å²) in [6, 6.07) is 2.93. The van der Waals surface area contributed by atoms with Crippen LogP contribution in [0.15, 0.2) is 11.4 Å². The minimum Gasteiger partial charge on any atom is -0.478 e. The Balaban J connectivity index is 1.82. The van der Waals surface area contributed by atoms with Crippen molar-refractivity contribution in [1.29, 1.82) is 0 Å². The highest BCUT2D eigenvalue weighted by Gasteiger charge is 2.22. The molecular weight excluding hydrogens is 248 g/mol. The molecule has 2 atom stereocenters. The molecule has 1 aromatic heterocycles. The summed E-state index contributed by atoms with van der Waals surface area (Å²) in [4.78, 5) is 14.3. The van der Waals surface area contributed by atoms with E-state index in [-0.39, 0.29) is 0 Å². The number of carboxylic acid groups (broad SMARTS) is 1. The van der Waals surface area contributed by atoms with E-state index in [2.05, 4.69) is 24.2 Å². The monoisotopic (exact) mass is 268 g/mol. The van der Waals surface area contributed by atoms with E-state index in [0.29, 0.717) is 17.6 Å². The number of likely N-dealkylation sites (tertiary alicyclic amines) is 1. The van der Waals surface area contributed by atoms with Crippen LogP contribution in [0, 0.1) is 0 Å². The van der Waals surface area contributed by atoms with Crippen LogP contribution in [0.5, 0.6) is 0 Å². The van der Waals surface area contributed by atoms with Gasteiger partial charge in [0, 0.05) is 28.9 Å². The number of thiophene rings is 1. The molecule has 5 heteroatoms. The fourth-order valence-electron chi connectivity index (χ4n) is 2.31. The fraction of sp³-hybridized carbons (Fsp3) is 0.615. The van der Waals surface area contributed by atoms with Crippen LogP contribution in [0.25, 0.3) is 0 Å². The Morgan fingerprint density at radius 1 is 1.67 bits per heavy atom. The number of hydrogen-bond acceptors (Lipinski definition) is 4. The Hall–Kier alpha value is -0.910. The summed E-state index contributed by atoms with van der Waals surface area (Å²) in [5.74, 6) is -0.842. The van der Waals surface area contributed by atoms with Crippen LogP contribution in [0.4, 0.5) is 0 Å². The normalized spacial score (nSPS) is 25.2. The van der Waals surface area contributed by atoms with E-state index in [1.54, 1.807) is 11.4 Å². The number of rotatable bonds is 4. The lowest BCUT2D eigenvalue weighted by molar-refractivity contribution is 0.0697. The van der Waals surface area contributed by atoms with Gasteiger partial charge in [-0.1, -0.05) is 0 Å². The van der Waals surface area contributed by atoms with Gasteiger partial charge in [0.2, 0.25) is 0 Å². The number of nitrogens with zero attached hydrogens (tertiary/aromatic N) is 1. The molecule has 1 saturated heterocycles. The zero-order chi connectivity index (χ0) is 13.1. The van der Waals surface area contributed by atoms with Crippen molar-refractivity contribution in [3.05, 3.63) is 21.9 Å². The first-order valence-corrected chi connectivity index (χ1v) is 7.18. The molecule has 2 rings (SSSR count). The summed E-state index contributed by atoms with van der Waals surface area (Å²) in [6.45, 7) is 4.16. The third kappa shape index (κ3) is 3.31. The molecule has 0 aliphatic carbocycles. The zero-order valence-corrected chi connectivity index (χ0v) is 11.7. The van der Waals surface area contributed by atoms with Gasteiger partial charge in [0.15, 0.2) is 0 Å². The highest BCUT2D eigenvalue weighted by molar-refractivity contribution is 7.10. The topological polar surface area (TPSA) is 52.6 Å². The Morgan fingerprint density at radius 2 is 2.44 bits per heavy atom. The molecule has 0 bridgehead atoms. The molecule has 2 N–H and O–H groups in total. The predicted molar refractivity (Wildman–Crippen MR) is 73.2 cm³/mol. The molecule has 2 heterocycles. The Morgan fingerprint density at radius 3 is 3.06 bits per heavy atom. The van der Waals surface area contributed by atoms with E-state index in [0.717, 1.165) is 30.8 Å². The Bertz CT molecular complexity index is 419. The van der Waals surface area contributed by atoms with Gasteiger partial charge in [-0.3, -0.25) is 0 Å². The first-order valence-electron chi connectivity index (χ1n) is 6.30. The molecule has 1 aliphatic rings. The second kappa shape index (κ2) is 5.82. The van der Waals surface area contributed by atoms with Crippen LogP contribution in [-0.2, 0) is 6.54 Å². The lowest BCUT2D eigenvalue weighted by Crippen LogP contribution is -2.45. The smallest absolute Gasteiger partial charge is 0.336 e. The molecule has 0 spiro atoms. The highest BCUT2D eigenvalue weighted by atomic mass is 32.1. The van der Waals surface area contributed by atoms with Crippen molar-refractivity contribution in [3.8, 4) is 0 Å². The molecule has 18 heavy (non-hydrogen) atoms. The van der Waals surface area contributed by atoms with Crippen molar-refractivity contribution in [2.24, 2.45) is 0 Å². The average Bonchev–Trinajstić information content (AvgIpc) is 2.79. The molecule has 1 fully saturated rings. The summed E-state index contributed by atoms with van der Waals surface area (Å²) in [5, 5.41) is 14.1. The van der Waals surface area contributed by atoms with Crippen molar-refractivity contribution in [2.45, 2.75) is 38.4 Å². The minimum absolute atomic E-state index is 0.397. The van der Waals surface area contributed by atoms with Crippen molar-refractivity contribution >= 4 is 17.3 Å². The van der Waals surface area contributed by atoms with E-state index in [1.165, 1.54) is 11.3 Å². The maximum absolute atomic E-state index is 10.8. The van der Waals surface area contributed by atoms with Gasteiger partial charge in [0.25, 0.3) is 0 Å². The Kier molecular flexibility index (Phi) is 4.37. The van der Waals surface area contributed by atoms with Crippen LogP contribution in [0.2, 0.25) is 0 Å². The largest absolute Gasteiger partial charge is 0.478 e. The second-order valence-corrected chi connectivity index (χ2v) is 6.03. The molecule has 0 amide bonds. The van der Waals surface area contributed by atoms with Crippen molar-refractivity contribution in [3.63, 3.8) is 0 Å². The minimum atomic E-state index is -0.842. The van der Waals surface area contributed by atoms with Gasteiger partial charge in [-0.2, -0.15) is 0 Å². The van der Waals surface area contributed by atoms with Crippen LogP contribution in [0.3, 0.4) is 0 Å². The van der Waals surface area contributed by atoms with Crippen LogP contribution >= 0.6 is 11.3 Å². The molecule has 4 nitrogen and oxygen atoms in total. The second-order valence-electron chi connectivity index (χ2n) is 5.04. The third-order valence-corrected chi connectivity index (χ3v) is 4.61. The van der Waals surface area contributed by atoms with E-state index >= 15 is 0 Å². The number of carboxylic acids is 1. The summed E-state index contributed by atoms with van der Waals surface area (Å²) in [7, 11) is 2.17. The lowest BCUT2D eigenvalue weighted by Gasteiger charge is -2.35. The molecule has 0 radical (unpaired) electrons. The molecule has 1 aromatic rings. The lowest BCUT2D eigenvalue weighted by atomic mass is 9.99. The molecular formula is C13H20N2O2S. The van der Waals surface area contributed by atoms with Crippen molar-refractivity contribution < 1.29 is 9.90 Å². The first-order chi connectivity index (χ1) is 8.56. The van der Waals surface area contributed by atoms with Crippen LogP contribution in [-0.4, -0.2) is 41.7 Å². The number of carbonyl (C=O) groups is 1. The summed E-state index contributed by atoms with van der Waals surface area (Å²) in [6.07, 6.45) is 2.33. The van der Waals surface area contributed by atoms with Gasteiger partial charge >= 0.3 is 5.97 Å². The quantitative estimate of drug-likeness (QED) is 0.877. The number of hydrogen-bond donors (Lipinski definition) is 2. The highest BCUT2D eigenvalue weighted by Crippen LogP contribution is 2.18. The van der Waals surface area contributed by atoms with Crippen LogP contribution in [0.1, 0.15) is 35.0 Å². The zero-order valence-electron chi connectivity index (χ0n) is 10.8. The maximum Gasteiger partial charge on any atom is 0.336 e. The molecule has 100 valence electrons. The summed E-state index contributed by atoms with van der Waals surface area (Å²) < 4.78 is 0. The number of nitrogens with one attached hydrogen (secondary N) is 1. The summed E-state index contributed by atoms with van der Waals surface area (Å²) >= 11 is 1.51. The molecule has 0 aromatic carbocycles. The predicted octanol–water partition coefficient (Wildman–Crippen LogP) is 2.02. The Labute approximate surface area is 112 Å². The molecule has 0 saturated carbocycles. The van der Waals surface area contributed by atoms with Gasteiger partial charge in [0.1, 0.15) is 0 Å². The maximum atomic E-state index is 10.8. The standard InChI is InChI=1S/C13H20N2O2S/c1-9-5-11(3-4-15(9)2)14-7-12-6-10(8-18-12)13(16)17/h6,8-9,11,14H,3-5,7H2,1-2H3,(H,16,17). The molecule has 2 unspecified atom stereocenters. The average molecular weight is 268 g/mol. The van der Waals surface area contributed by atoms with E-state index in [1.807, 2.05) is 0 Å². The van der Waals surface area contributed by atoms with E-state index in [9.17, 15) is 4.79 Å². The van der Waals surface area contributed by atoms with Crippen LogP contribution < -0.4 is 5.32 Å². The number of aromatic carboxylic acids is 1. The van der Waals surface area contributed by atoms with E-state index < -0.39 is 5.97 Å². The first kappa shape index (κ1) is 13.5. The van der Waals surface area contributed by atoms with Crippen molar-refractivity contribution in [1.82, 2.24) is 10.2 Å². The summed E-state index contributed by atoms with van der Waals surface area (Å²) in [5.41, 5.74) is 0.397. The van der Waals surface area contributed by atoms with Crippen molar-refractivity contribution in [2.75, 3.05) is 13.6 Å². The van der Waals surface area contributed by atoms with Gasteiger partial charge in [-0.25, -0.2) is 4.79 Å². The number of piperidine rings is 1. The van der Waals surface area contributed by atoms with E-state index in [4.69, 9.17) is 5.11 Å². The van der Waals surface area contributed by atoms with Gasteiger partial charge in [-0.05, 0) is 39.4 Å². The van der Waals surface area contributed by atoms with Gasteiger partial charge in [-0.15, -0.1) is 11.3 Å².